The van der Waals surface area contributed by atoms with Gasteiger partial charge < -0.3 is 20.1 Å². The van der Waals surface area contributed by atoms with E-state index in [1.54, 1.807) is 18.2 Å². The van der Waals surface area contributed by atoms with E-state index in [4.69, 9.17) is 27.9 Å². The molecule has 0 radical (unpaired) electrons. The smallest absolute Gasteiger partial charge is 0.398 e. The Balaban J connectivity index is 1.38. The van der Waals surface area contributed by atoms with Crippen LogP contribution >= 0.6 is 35.0 Å². The molecule has 1 saturated heterocycles. The molecule has 33 heavy (non-hydrogen) atoms. The first-order valence-electron chi connectivity index (χ1n) is 10.0. The fraction of sp³-hybridized carbons (Fsp3) is 0.526. The molecule has 2 aromatic rings. The van der Waals surface area contributed by atoms with Crippen molar-refractivity contribution >= 4 is 40.9 Å². The van der Waals surface area contributed by atoms with E-state index in [0.29, 0.717) is 47.2 Å². The zero-order valence-electron chi connectivity index (χ0n) is 17.2. The molecular weight excluding hydrogens is 506 g/mol. The van der Waals surface area contributed by atoms with E-state index < -0.39 is 23.9 Å². The summed E-state index contributed by atoms with van der Waals surface area (Å²) < 4.78 is 43.1. The number of likely N-dealkylation sites (tertiary alicyclic amines) is 1. The van der Waals surface area contributed by atoms with Crippen LogP contribution < -0.4 is 10.1 Å². The summed E-state index contributed by atoms with van der Waals surface area (Å²) in [6.07, 6.45) is -3.75. The maximum atomic E-state index is 12.4. The van der Waals surface area contributed by atoms with Gasteiger partial charge in [-0.25, -0.2) is 0 Å². The predicted octanol–water partition coefficient (Wildman–Crippen LogP) is 3.40. The number of aromatic nitrogens is 3. The molecule has 1 aliphatic rings. The van der Waals surface area contributed by atoms with Gasteiger partial charge in [0.25, 0.3) is 5.91 Å². The number of hydrogen-bond donors (Lipinski definition) is 3. The molecule has 1 aliphatic heterocycles. The van der Waals surface area contributed by atoms with Crippen LogP contribution in [0.15, 0.2) is 23.2 Å². The van der Waals surface area contributed by atoms with Crippen molar-refractivity contribution in [3.63, 3.8) is 0 Å². The number of halogens is 5. The Morgan fingerprint density at radius 2 is 2.03 bits per heavy atom. The number of carbonyl (C=O) groups is 1. The summed E-state index contributed by atoms with van der Waals surface area (Å²) in [4.78, 5) is 14.3. The number of aliphatic hydroxyl groups excluding tert-OH is 1. The van der Waals surface area contributed by atoms with Crippen LogP contribution in [0.25, 0.3) is 0 Å². The SMILES string of the molecule is O=C(NC[C@@H](O)CN1CCC(Oc2ccc(Cl)c(Cl)c2)CC1)c1n[nH]nc1SCC(F)(F)F. The zero-order valence-corrected chi connectivity index (χ0v) is 19.6. The van der Waals surface area contributed by atoms with Crippen molar-refractivity contribution in [1.82, 2.24) is 25.6 Å². The third-order valence-corrected chi connectivity index (χ3v) is 6.57. The molecule has 8 nitrogen and oxygen atoms in total. The molecule has 0 aliphatic carbocycles. The van der Waals surface area contributed by atoms with Crippen LogP contribution in [0.5, 0.6) is 5.75 Å². The standard InChI is InChI=1S/C19H22Cl2F3N5O3S/c20-14-2-1-13(7-15(14)21)32-12-3-5-29(6-4-12)9-11(30)8-25-17(31)16-18(27-28-26-16)33-10-19(22,23)24/h1-2,7,11-12,30H,3-6,8-10H2,(H,25,31)(H,26,27,28)/t11-/m1/s1. The summed E-state index contributed by atoms with van der Waals surface area (Å²) >= 11 is 12.3. The van der Waals surface area contributed by atoms with Gasteiger partial charge in [-0.1, -0.05) is 35.0 Å². The molecule has 0 saturated carbocycles. The average Bonchev–Trinajstić information content (AvgIpc) is 3.23. The highest BCUT2D eigenvalue weighted by molar-refractivity contribution is 7.99. The van der Waals surface area contributed by atoms with Crippen LogP contribution in [-0.2, 0) is 0 Å². The monoisotopic (exact) mass is 527 g/mol. The number of carbonyl (C=O) groups excluding carboxylic acids is 1. The zero-order chi connectivity index (χ0) is 24.0. The summed E-state index contributed by atoms with van der Waals surface area (Å²) in [6, 6.07) is 5.11. The summed E-state index contributed by atoms with van der Waals surface area (Å²) in [5, 5.41) is 22.8. The van der Waals surface area contributed by atoms with E-state index in [2.05, 4.69) is 20.7 Å². The fourth-order valence-corrected chi connectivity index (χ4v) is 4.20. The molecule has 14 heteroatoms. The number of piperidine rings is 1. The van der Waals surface area contributed by atoms with E-state index in [-0.39, 0.29) is 23.4 Å². The molecule has 1 amide bonds. The average molecular weight is 528 g/mol. The number of H-pyrrole nitrogens is 1. The normalized spacial score (nSPS) is 16.5. The minimum absolute atomic E-state index is 0.00937. The van der Waals surface area contributed by atoms with E-state index in [0.717, 1.165) is 12.8 Å². The summed E-state index contributed by atoms with van der Waals surface area (Å²) in [5.41, 5.74) is -0.239. The Hall–Kier alpha value is -1.73. The Morgan fingerprint density at radius 1 is 1.30 bits per heavy atom. The fourth-order valence-electron chi connectivity index (χ4n) is 3.23. The van der Waals surface area contributed by atoms with Crippen LogP contribution in [-0.4, -0.2) is 81.6 Å². The molecule has 0 spiro atoms. The second-order valence-electron chi connectivity index (χ2n) is 7.44. The number of rotatable bonds is 9. The number of hydrogen-bond acceptors (Lipinski definition) is 7. The molecule has 1 aromatic heterocycles. The molecule has 1 atom stereocenters. The van der Waals surface area contributed by atoms with E-state index in [1.807, 2.05) is 4.90 Å². The lowest BCUT2D eigenvalue weighted by Crippen LogP contribution is -2.45. The van der Waals surface area contributed by atoms with Crippen molar-refractivity contribution in [3.05, 3.63) is 33.9 Å². The first-order chi connectivity index (χ1) is 15.6. The van der Waals surface area contributed by atoms with E-state index in [1.165, 1.54) is 0 Å². The van der Waals surface area contributed by atoms with Crippen LogP contribution in [0.4, 0.5) is 13.2 Å². The van der Waals surface area contributed by atoms with Gasteiger partial charge in [-0.05, 0) is 25.0 Å². The number of thioether (sulfide) groups is 1. The third kappa shape index (κ3) is 8.21. The molecule has 3 N–H and O–H groups in total. The molecule has 3 rings (SSSR count). The van der Waals surface area contributed by atoms with Crippen molar-refractivity contribution in [3.8, 4) is 5.75 Å². The van der Waals surface area contributed by atoms with Gasteiger partial charge >= 0.3 is 6.18 Å². The van der Waals surface area contributed by atoms with Gasteiger partial charge in [-0.15, -0.1) is 10.2 Å². The number of alkyl halides is 3. The topological polar surface area (TPSA) is 103 Å². The quantitative estimate of drug-likeness (QED) is 0.429. The second-order valence-corrected chi connectivity index (χ2v) is 9.22. The molecular formula is C19H22Cl2F3N5O3S. The summed E-state index contributed by atoms with van der Waals surface area (Å²) in [7, 11) is 0. The first-order valence-corrected chi connectivity index (χ1v) is 11.8. The highest BCUT2D eigenvalue weighted by atomic mass is 35.5. The minimum Gasteiger partial charge on any atom is -0.490 e. The van der Waals surface area contributed by atoms with Gasteiger partial charge in [-0.3, -0.25) is 4.79 Å². The Labute approximate surface area is 202 Å². The van der Waals surface area contributed by atoms with Crippen LogP contribution in [0, 0.1) is 0 Å². The van der Waals surface area contributed by atoms with E-state index >= 15 is 0 Å². The third-order valence-electron chi connectivity index (χ3n) is 4.80. The molecule has 2 heterocycles. The highest BCUT2D eigenvalue weighted by Gasteiger charge is 2.30. The number of nitrogens with one attached hydrogen (secondary N) is 2. The maximum Gasteiger partial charge on any atom is 0.398 e. The molecule has 0 bridgehead atoms. The van der Waals surface area contributed by atoms with Crippen molar-refractivity contribution in [2.45, 2.75) is 36.3 Å². The maximum absolute atomic E-state index is 12.4. The Kier molecular flexibility index (Phi) is 9.10. The van der Waals surface area contributed by atoms with Gasteiger partial charge in [0.2, 0.25) is 0 Å². The van der Waals surface area contributed by atoms with Gasteiger partial charge in [0, 0.05) is 32.2 Å². The lowest BCUT2D eigenvalue weighted by molar-refractivity contribution is -0.105. The molecule has 182 valence electrons. The summed E-state index contributed by atoms with van der Waals surface area (Å²) in [6.45, 7) is 1.64. The number of aliphatic hydroxyl groups is 1. The highest BCUT2D eigenvalue weighted by Crippen LogP contribution is 2.29. The van der Waals surface area contributed by atoms with Crippen LogP contribution in [0.2, 0.25) is 10.0 Å². The molecule has 1 aromatic carbocycles. The number of nitrogens with zero attached hydrogens (tertiary/aromatic N) is 3. The van der Waals surface area contributed by atoms with Gasteiger partial charge in [-0.2, -0.15) is 18.4 Å². The predicted molar refractivity (Wildman–Crippen MR) is 118 cm³/mol. The lowest BCUT2D eigenvalue weighted by atomic mass is 10.1. The van der Waals surface area contributed by atoms with Gasteiger partial charge in [0.1, 0.15) is 11.9 Å². The minimum atomic E-state index is -4.39. The summed E-state index contributed by atoms with van der Waals surface area (Å²) in [5.74, 6) is -1.25. The second kappa shape index (κ2) is 11.6. The number of aromatic amines is 1. The Morgan fingerprint density at radius 3 is 2.70 bits per heavy atom. The van der Waals surface area contributed by atoms with Crippen LogP contribution in [0.3, 0.4) is 0 Å². The van der Waals surface area contributed by atoms with Crippen molar-refractivity contribution in [1.29, 1.82) is 0 Å². The van der Waals surface area contributed by atoms with Crippen molar-refractivity contribution in [2.24, 2.45) is 0 Å². The Bertz CT molecular complexity index is 942. The van der Waals surface area contributed by atoms with Crippen molar-refractivity contribution < 1.29 is 27.8 Å². The lowest BCUT2D eigenvalue weighted by Gasteiger charge is -2.33. The van der Waals surface area contributed by atoms with E-state index in [9.17, 15) is 23.1 Å². The number of β-amino-alcohol motifs (C(OH)–C–C–N with tert-alkyl or cyclic N) is 1. The molecule has 1 fully saturated rings. The van der Waals surface area contributed by atoms with Gasteiger partial charge in [0.05, 0.1) is 21.9 Å². The number of benzene rings is 1. The number of ether oxygens (including phenoxy) is 1. The van der Waals surface area contributed by atoms with Gasteiger partial charge in [0.15, 0.2) is 10.7 Å². The molecule has 0 unspecified atom stereocenters. The largest absolute Gasteiger partial charge is 0.490 e. The van der Waals surface area contributed by atoms with Crippen molar-refractivity contribution in [2.75, 3.05) is 31.9 Å². The van der Waals surface area contributed by atoms with Crippen LogP contribution in [0.1, 0.15) is 23.3 Å². The first kappa shape index (κ1) is 25.9. The number of amides is 1.